The summed E-state index contributed by atoms with van der Waals surface area (Å²) in [5, 5.41) is 0.0106. The van der Waals surface area contributed by atoms with Crippen LogP contribution in [0, 0.1) is 0 Å². The Morgan fingerprint density at radius 1 is 1.50 bits per heavy atom. The highest BCUT2D eigenvalue weighted by atomic mass is 32.2. The van der Waals surface area contributed by atoms with Gasteiger partial charge >= 0.3 is 0 Å². The van der Waals surface area contributed by atoms with Crippen molar-refractivity contribution in [1.82, 2.24) is 4.98 Å². The minimum absolute atomic E-state index is 0.0106. The van der Waals surface area contributed by atoms with Gasteiger partial charge in [0, 0.05) is 6.20 Å². The number of hydrogen-bond donors (Lipinski definition) is 1. The van der Waals surface area contributed by atoms with Gasteiger partial charge in [-0.1, -0.05) is 6.92 Å². The van der Waals surface area contributed by atoms with Gasteiger partial charge in [0.1, 0.15) is 0 Å². The highest BCUT2D eigenvalue weighted by Gasteiger charge is 2.18. The molecule has 0 saturated heterocycles. The van der Waals surface area contributed by atoms with E-state index < -0.39 is 9.84 Å². The normalized spacial score (nSPS) is 11.6. The minimum Gasteiger partial charge on any atom is -0.396 e. The Hall–Kier alpha value is -0.750. The number of sulfone groups is 1. The number of pyridine rings is 1. The molecule has 1 rings (SSSR count). The molecular formula is C10H16N2O2S2. The zero-order valence-corrected chi connectivity index (χ0v) is 10.9. The molecule has 2 N–H and O–H groups in total. The van der Waals surface area contributed by atoms with Crippen LogP contribution in [0.1, 0.15) is 13.3 Å². The lowest BCUT2D eigenvalue weighted by molar-refractivity contribution is 0.591. The zero-order valence-electron chi connectivity index (χ0n) is 9.22. The summed E-state index contributed by atoms with van der Waals surface area (Å²) >= 11 is 1.73. The third-order valence-electron chi connectivity index (χ3n) is 2.00. The van der Waals surface area contributed by atoms with Gasteiger partial charge in [0.2, 0.25) is 0 Å². The van der Waals surface area contributed by atoms with Gasteiger partial charge in [0.05, 0.1) is 11.4 Å². The van der Waals surface area contributed by atoms with Crippen molar-refractivity contribution in [3.63, 3.8) is 0 Å². The largest absolute Gasteiger partial charge is 0.396 e. The highest BCUT2D eigenvalue weighted by Crippen LogP contribution is 2.17. The predicted octanol–water partition coefficient (Wildman–Crippen LogP) is 1.58. The first kappa shape index (κ1) is 13.3. The average Bonchev–Trinajstić information content (AvgIpc) is 2.25. The second-order valence-corrected chi connectivity index (χ2v) is 6.69. The van der Waals surface area contributed by atoms with Crippen LogP contribution in [0.3, 0.4) is 0 Å². The average molecular weight is 260 g/mol. The van der Waals surface area contributed by atoms with Crippen molar-refractivity contribution in [2.75, 3.05) is 23.0 Å². The molecule has 0 atom stereocenters. The van der Waals surface area contributed by atoms with Gasteiger partial charge in [0.25, 0.3) is 0 Å². The molecule has 1 aromatic heterocycles. The Morgan fingerprint density at radius 3 is 2.88 bits per heavy atom. The molecule has 0 aliphatic rings. The maximum absolute atomic E-state index is 11.9. The number of anilines is 1. The fourth-order valence-corrected chi connectivity index (χ4v) is 3.44. The van der Waals surface area contributed by atoms with Crippen LogP contribution in [0.5, 0.6) is 0 Å². The number of aromatic nitrogens is 1. The fraction of sp³-hybridized carbons (Fsp3) is 0.500. The van der Waals surface area contributed by atoms with E-state index in [1.165, 1.54) is 6.20 Å². The Kier molecular flexibility index (Phi) is 5.08. The molecule has 6 heteroatoms. The van der Waals surface area contributed by atoms with Crippen LogP contribution in [0.15, 0.2) is 23.4 Å². The molecule has 0 fully saturated rings. The van der Waals surface area contributed by atoms with E-state index in [-0.39, 0.29) is 16.5 Å². The van der Waals surface area contributed by atoms with Crippen LogP contribution < -0.4 is 5.73 Å². The van der Waals surface area contributed by atoms with Gasteiger partial charge in [-0.25, -0.2) is 13.4 Å². The number of nitrogens with zero attached hydrogens (tertiary/aromatic N) is 1. The first-order chi connectivity index (χ1) is 7.58. The van der Waals surface area contributed by atoms with Crippen molar-refractivity contribution < 1.29 is 8.42 Å². The first-order valence-electron chi connectivity index (χ1n) is 5.09. The summed E-state index contributed by atoms with van der Waals surface area (Å²) in [5.41, 5.74) is 5.82. The van der Waals surface area contributed by atoms with Crippen LogP contribution in [0.2, 0.25) is 0 Å². The molecule has 0 unspecified atom stereocenters. The molecule has 16 heavy (non-hydrogen) atoms. The molecule has 90 valence electrons. The van der Waals surface area contributed by atoms with Gasteiger partial charge in [-0.3, -0.25) is 0 Å². The van der Waals surface area contributed by atoms with Gasteiger partial charge in [-0.05, 0) is 30.1 Å². The molecule has 0 aliphatic carbocycles. The maximum atomic E-state index is 11.9. The quantitative estimate of drug-likeness (QED) is 0.786. The smallest absolute Gasteiger partial charge is 0.197 e. The van der Waals surface area contributed by atoms with Gasteiger partial charge in [0.15, 0.2) is 14.9 Å². The molecule has 1 aromatic rings. The molecular weight excluding hydrogens is 244 g/mol. The van der Waals surface area contributed by atoms with Crippen molar-refractivity contribution in [2.45, 2.75) is 18.4 Å². The Bertz CT molecular complexity index is 432. The number of thioether (sulfide) groups is 1. The van der Waals surface area contributed by atoms with Crippen LogP contribution in [-0.2, 0) is 9.84 Å². The lowest BCUT2D eigenvalue weighted by atomic mass is 10.4. The molecule has 4 nitrogen and oxygen atoms in total. The summed E-state index contributed by atoms with van der Waals surface area (Å²) in [6.45, 7) is 2.05. The summed E-state index contributed by atoms with van der Waals surface area (Å²) in [4.78, 5) is 3.83. The molecule has 1 heterocycles. The Morgan fingerprint density at radius 2 is 2.25 bits per heavy atom. The first-order valence-corrected chi connectivity index (χ1v) is 7.89. The number of hydrogen-bond acceptors (Lipinski definition) is 5. The van der Waals surface area contributed by atoms with E-state index in [1.807, 2.05) is 0 Å². The molecule has 0 amide bonds. The highest BCUT2D eigenvalue weighted by molar-refractivity contribution is 7.99. The van der Waals surface area contributed by atoms with E-state index in [4.69, 9.17) is 5.73 Å². The summed E-state index contributed by atoms with van der Waals surface area (Å²) in [6.07, 6.45) is 2.08. The van der Waals surface area contributed by atoms with E-state index in [0.29, 0.717) is 6.42 Å². The Balaban J connectivity index is 2.68. The zero-order chi connectivity index (χ0) is 12.0. The molecule has 0 bridgehead atoms. The third-order valence-corrected chi connectivity index (χ3v) is 4.74. The van der Waals surface area contributed by atoms with Crippen LogP contribution >= 0.6 is 11.8 Å². The maximum Gasteiger partial charge on any atom is 0.197 e. The minimum atomic E-state index is -3.32. The van der Waals surface area contributed by atoms with E-state index in [0.717, 1.165) is 11.5 Å². The lowest BCUT2D eigenvalue weighted by Crippen LogP contribution is -2.12. The van der Waals surface area contributed by atoms with Crippen molar-refractivity contribution in [1.29, 1.82) is 0 Å². The SMILES string of the molecule is CCSCCCS(=O)(=O)c1ncccc1N. The molecule has 0 saturated carbocycles. The van der Waals surface area contributed by atoms with Crippen molar-refractivity contribution >= 4 is 27.3 Å². The van der Waals surface area contributed by atoms with Crippen molar-refractivity contribution in [3.8, 4) is 0 Å². The van der Waals surface area contributed by atoms with Gasteiger partial charge < -0.3 is 5.73 Å². The van der Waals surface area contributed by atoms with Crippen LogP contribution in [0.25, 0.3) is 0 Å². The van der Waals surface area contributed by atoms with Gasteiger partial charge in [-0.2, -0.15) is 11.8 Å². The predicted molar refractivity (Wildman–Crippen MR) is 68.3 cm³/mol. The summed E-state index contributed by atoms with van der Waals surface area (Å²) in [7, 11) is -3.32. The van der Waals surface area contributed by atoms with E-state index >= 15 is 0 Å². The molecule has 0 aliphatic heterocycles. The van der Waals surface area contributed by atoms with E-state index in [9.17, 15) is 8.42 Å². The van der Waals surface area contributed by atoms with Crippen LogP contribution in [0.4, 0.5) is 5.69 Å². The monoisotopic (exact) mass is 260 g/mol. The fourth-order valence-electron chi connectivity index (χ4n) is 1.26. The van der Waals surface area contributed by atoms with Crippen molar-refractivity contribution in [3.05, 3.63) is 18.3 Å². The number of nitrogen functional groups attached to an aromatic ring is 1. The molecule has 0 aromatic carbocycles. The van der Waals surface area contributed by atoms with Crippen molar-refractivity contribution in [2.24, 2.45) is 0 Å². The van der Waals surface area contributed by atoms with Gasteiger partial charge in [-0.15, -0.1) is 0 Å². The third kappa shape index (κ3) is 3.68. The molecule has 0 spiro atoms. The Labute approximate surface area is 101 Å². The second kappa shape index (κ2) is 6.10. The molecule has 0 radical (unpaired) electrons. The number of rotatable bonds is 6. The van der Waals surface area contributed by atoms with E-state index in [2.05, 4.69) is 11.9 Å². The standard InChI is InChI=1S/C10H16N2O2S2/c1-2-15-7-4-8-16(13,14)10-9(11)5-3-6-12-10/h3,5-6H,2,4,7-8,11H2,1H3. The lowest BCUT2D eigenvalue weighted by Gasteiger charge is -2.05. The summed E-state index contributed by atoms with van der Waals surface area (Å²) < 4.78 is 23.7. The second-order valence-electron chi connectivity index (χ2n) is 3.27. The number of nitrogens with two attached hydrogens (primary N) is 1. The van der Waals surface area contributed by atoms with Crippen LogP contribution in [-0.4, -0.2) is 30.7 Å². The van der Waals surface area contributed by atoms with E-state index in [1.54, 1.807) is 23.9 Å². The summed E-state index contributed by atoms with van der Waals surface area (Å²) in [6, 6.07) is 3.18. The summed E-state index contributed by atoms with van der Waals surface area (Å²) in [5.74, 6) is 1.97. The topological polar surface area (TPSA) is 73.0 Å².